The van der Waals surface area contributed by atoms with Crippen LogP contribution in [0.4, 0.5) is 0 Å². The molecule has 0 saturated carbocycles. The second-order valence-electron chi connectivity index (χ2n) is 3.60. The SMILES string of the molecule is CC(CN)n1cccc(OCCCO)c1=O. The van der Waals surface area contributed by atoms with Crippen molar-refractivity contribution in [3.8, 4) is 5.75 Å². The van der Waals surface area contributed by atoms with Gasteiger partial charge in [0.25, 0.3) is 5.56 Å². The topological polar surface area (TPSA) is 77.5 Å². The molecule has 0 bridgehead atoms. The van der Waals surface area contributed by atoms with E-state index in [1.807, 2.05) is 6.92 Å². The normalized spacial score (nSPS) is 12.4. The highest BCUT2D eigenvalue weighted by atomic mass is 16.5. The molecule has 1 heterocycles. The van der Waals surface area contributed by atoms with Crippen molar-refractivity contribution in [1.29, 1.82) is 0 Å². The van der Waals surface area contributed by atoms with Crippen molar-refractivity contribution in [2.45, 2.75) is 19.4 Å². The van der Waals surface area contributed by atoms with E-state index in [9.17, 15) is 4.79 Å². The molecule has 5 heteroatoms. The van der Waals surface area contributed by atoms with Gasteiger partial charge in [0.2, 0.25) is 0 Å². The van der Waals surface area contributed by atoms with E-state index in [0.29, 0.717) is 25.3 Å². The first-order valence-corrected chi connectivity index (χ1v) is 5.35. The van der Waals surface area contributed by atoms with E-state index in [4.69, 9.17) is 15.6 Å². The predicted molar refractivity (Wildman–Crippen MR) is 61.7 cm³/mol. The Morgan fingerprint density at radius 3 is 3.00 bits per heavy atom. The van der Waals surface area contributed by atoms with Gasteiger partial charge in [-0.3, -0.25) is 4.79 Å². The quantitative estimate of drug-likeness (QED) is 0.676. The highest BCUT2D eigenvalue weighted by Crippen LogP contribution is 2.06. The minimum Gasteiger partial charge on any atom is -0.488 e. The summed E-state index contributed by atoms with van der Waals surface area (Å²) in [6.45, 7) is 2.67. The van der Waals surface area contributed by atoms with Gasteiger partial charge in [0, 0.05) is 31.8 Å². The Balaban J connectivity index is 2.82. The number of nitrogens with zero attached hydrogens (tertiary/aromatic N) is 1. The number of aliphatic hydroxyl groups is 1. The van der Waals surface area contributed by atoms with Crippen molar-refractivity contribution in [3.05, 3.63) is 28.7 Å². The van der Waals surface area contributed by atoms with Crippen LogP contribution in [0.2, 0.25) is 0 Å². The third-order valence-corrected chi connectivity index (χ3v) is 2.32. The second kappa shape index (κ2) is 6.30. The van der Waals surface area contributed by atoms with Crippen LogP contribution in [-0.4, -0.2) is 29.4 Å². The summed E-state index contributed by atoms with van der Waals surface area (Å²) >= 11 is 0. The molecule has 0 saturated heterocycles. The van der Waals surface area contributed by atoms with E-state index in [2.05, 4.69) is 0 Å². The van der Waals surface area contributed by atoms with Crippen LogP contribution in [-0.2, 0) is 0 Å². The summed E-state index contributed by atoms with van der Waals surface area (Å²) in [4.78, 5) is 11.9. The van der Waals surface area contributed by atoms with Crippen molar-refractivity contribution in [1.82, 2.24) is 4.57 Å². The molecule has 0 radical (unpaired) electrons. The molecule has 0 aliphatic rings. The monoisotopic (exact) mass is 226 g/mol. The van der Waals surface area contributed by atoms with Crippen LogP contribution < -0.4 is 16.0 Å². The van der Waals surface area contributed by atoms with E-state index in [1.165, 1.54) is 0 Å². The molecule has 90 valence electrons. The molecule has 0 aliphatic carbocycles. The van der Waals surface area contributed by atoms with E-state index in [1.54, 1.807) is 22.9 Å². The number of pyridine rings is 1. The van der Waals surface area contributed by atoms with Crippen molar-refractivity contribution >= 4 is 0 Å². The van der Waals surface area contributed by atoms with Crippen molar-refractivity contribution < 1.29 is 9.84 Å². The number of hydrogen-bond acceptors (Lipinski definition) is 4. The number of rotatable bonds is 6. The fourth-order valence-corrected chi connectivity index (χ4v) is 1.31. The van der Waals surface area contributed by atoms with Crippen molar-refractivity contribution in [2.75, 3.05) is 19.8 Å². The summed E-state index contributed by atoms with van der Waals surface area (Å²) in [6, 6.07) is 3.33. The Morgan fingerprint density at radius 1 is 1.62 bits per heavy atom. The Hall–Kier alpha value is -1.33. The molecule has 1 rings (SSSR count). The molecule has 3 N–H and O–H groups in total. The summed E-state index contributed by atoms with van der Waals surface area (Å²) in [5.41, 5.74) is 5.33. The molecule has 1 aromatic rings. The maximum absolute atomic E-state index is 11.9. The summed E-state index contributed by atoms with van der Waals surface area (Å²) < 4.78 is 6.83. The number of aromatic nitrogens is 1. The van der Waals surface area contributed by atoms with Crippen LogP contribution in [0, 0.1) is 0 Å². The van der Waals surface area contributed by atoms with Gasteiger partial charge in [-0.25, -0.2) is 0 Å². The molecule has 1 atom stereocenters. The van der Waals surface area contributed by atoms with Crippen molar-refractivity contribution in [3.63, 3.8) is 0 Å². The predicted octanol–water partition coefficient (Wildman–Crippen LogP) is 0.129. The largest absolute Gasteiger partial charge is 0.488 e. The molecule has 1 aromatic heterocycles. The number of ether oxygens (including phenoxy) is 1. The van der Waals surface area contributed by atoms with Crippen LogP contribution in [0.3, 0.4) is 0 Å². The summed E-state index contributed by atoms with van der Waals surface area (Å²) in [6.07, 6.45) is 2.21. The third-order valence-electron chi connectivity index (χ3n) is 2.32. The van der Waals surface area contributed by atoms with Gasteiger partial charge >= 0.3 is 0 Å². The molecule has 0 amide bonds. The van der Waals surface area contributed by atoms with Gasteiger partial charge in [-0.05, 0) is 19.1 Å². The van der Waals surface area contributed by atoms with E-state index in [-0.39, 0.29) is 18.2 Å². The van der Waals surface area contributed by atoms with Crippen LogP contribution in [0.1, 0.15) is 19.4 Å². The zero-order chi connectivity index (χ0) is 12.0. The molecule has 0 aliphatic heterocycles. The van der Waals surface area contributed by atoms with Crippen LogP contribution in [0.5, 0.6) is 5.75 Å². The van der Waals surface area contributed by atoms with Gasteiger partial charge in [0.1, 0.15) is 0 Å². The number of nitrogens with two attached hydrogens (primary N) is 1. The van der Waals surface area contributed by atoms with Gasteiger partial charge in [-0.15, -0.1) is 0 Å². The molecular weight excluding hydrogens is 208 g/mol. The first kappa shape index (κ1) is 12.7. The Kier molecular flexibility index (Phi) is 5.01. The van der Waals surface area contributed by atoms with Gasteiger partial charge in [0.05, 0.1) is 6.61 Å². The highest BCUT2D eigenvalue weighted by Gasteiger charge is 2.08. The Bertz CT molecular complexity index is 376. The van der Waals surface area contributed by atoms with Crippen molar-refractivity contribution in [2.24, 2.45) is 5.73 Å². The minimum absolute atomic E-state index is 0.0473. The summed E-state index contributed by atoms with van der Waals surface area (Å²) in [5, 5.41) is 8.61. The molecule has 1 unspecified atom stereocenters. The molecule has 0 fully saturated rings. The highest BCUT2D eigenvalue weighted by molar-refractivity contribution is 5.17. The lowest BCUT2D eigenvalue weighted by Gasteiger charge is -2.14. The number of aliphatic hydroxyl groups excluding tert-OH is 1. The standard InChI is InChI=1S/C11H18N2O3/c1-9(8-12)13-5-2-4-10(11(13)15)16-7-3-6-14/h2,4-5,9,14H,3,6-8,12H2,1H3. The third kappa shape index (κ3) is 3.08. The van der Waals surface area contributed by atoms with Crippen LogP contribution >= 0.6 is 0 Å². The van der Waals surface area contributed by atoms with Gasteiger partial charge in [0.15, 0.2) is 5.75 Å². The minimum atomic E-state index is -0.182. The smallest absolute Gasteiger partial charge is 0.293 e. The molecule has 5 nitrogen and oxygen atoms in total. The number of hydrogen-bond donors (Lipinski definition) is 2. The molecule has 16 heavy (non-hydrogen) atoms. The first-order valence-electron chi connectivity index (χ1n) is 5.35. The zero-order valence-electron chi connectivity index (χ0n) is 9.43. The maximum atomic E-state index is 11.9. The van der Waals surface area contributed by atoms with E-state index >= 15 is 0 Å². The van der Waals surface area contributed by atoms with Gasteiger partial charge in [-0.2, -0.15) is 0 Å². The molecule has 0 aromatic carbocycles. The fraction of sp³-hybridized carbons (Fsp3) is 0.545. The van der Waals surface area contributed by atoms with E-state index < -0.39 is 0 Å². The van der Waals surface area contributed by atoms with Crippen LogP contribution in [0.15, 0.2) is 23.1 Å². The zero-order valence-corrected chi connectivity index (χ0v) is 9.43. The van der Waals surface area contributed by atoms with Crippen LogP contribution in [0.25, 0.3) is 0 Å². The lowest BCUT2D eigenvalue weighted by molar-refractivity contribution is 0.231. The summed E-state index contributed by atoms with van der Waals surface area (Å²) in [7, 11) is 0. The Morgan fingerprint density at radius 2 is 2.38 bits per heavy atom. The average Bonchev–Trinajstić information content (AvgIpc) is 2.30. The lowest BCUT2D eigenvalue weighted by atomic mass is 10.3. The lowest BCUT2D eigenvalue weighted by Crippen LogP contribution is -2.28. The fourth-order valence-electron chi connectivity index (χ4n) is 1.31. The maximum Gasteiger partial charge on any atom is 0.293 e. The first-order chi connectivity index (χ1) is 7.70. The Labute approximate surface area is 94.5 Å². The second-order valence-corrected chi connectivity index (χ2v) is 3.60. The van der Waals surface area contributed by atoms with E-state index in [0.717, 1.165) is 0 Å². The molecule has 0 spiro atoms. The van der Waals surface area contributed by atoms with Gasteiger partial charge in [-0.1, -0.05) is 0 Å². The molecular formula is C11H18N2O3. The average molecular weight is 226 g/mol. The van der Waals surface area contributed by atoms with Gasteiger partial charge < -0.3 is 20.1 Å². The summed E-state index contributed by atoms with van der Waals surface area (Å²) in [5.74, 6) is 0.302.